The highest BCUT2D eigenvalue weighted by Gasteiger charge is 2.26. The summed E-state index contributed by atoms with van der Waals surface area (Å²) < 4.78 is 16.5. The van der Waals surface area contributed by atoms with Crippen LogP contribution in [0.3, 0.4) is 0 Å². The van der Waals surface area contributed by atoms with Crippen LogP contribution in [0.25, 0.3) is 0 Å². The number of nitrogens with one attached hydrogen (secondary N) is 3. The molecule has 0 aromatic carbocycles. The molecule has 0 aromatic rings. The summed E-state index contributed by atoms with van der Waals surface area (Å²) in [6.07, 6.45) is 4.39. The molecule has 0 radical (unpaired) electrons. The van der Waals surface area contributed by atoms with Gasteiger partial charge in [-0.2, -0.15) is 0 Å². The van der Waals surface area contributed by atoms with Gasteiger partial charge in [-0.15, -0.1) is 0 Å². The summed E-state index contributed by atoms with van der Waals surface area (Å²) in [5, 5.41) is 8.74. The molecule has 0 saturated carbocycles. The van der Waals surface area contributed by atoms with Crippen molar-refractivity contribution in [2.45, 2.75) is 92.5 Å². The Bertz CT molecular complexity index is 625. The Hall–Kier alpha value is -1.71. The number of carbonyl (C=O) groups is 3. The lowest BCUT2D eigenvalue weighted by Crippen LogP contribution is -2.49. The van der Waals surface area contributed by atoms with E-state index in [9.17, 15) is 14.4 Å². The number of unbranched alkanes of at least 4 members (excludes halogenated alkanes) is 1. The first-order valence-corrected chi connectivity index (χ1v) is 13.4. The monoisotopic (exact) mass is 515 g/mol. The molecule has 0 aromatic heterocycles. The van der Waals surface area contributed by atoms with Crippen molar-refractivity contribution in [3.05, 3.63) is 0 Å². The summed E-state index contributed by atoms with van der Waals surface area (Å²) in [5.74, 6) is -0.367. The molecule has 0 bridgehead atoms. The average molecular weight is 516 g/mol. The summed E-state index contributed by atoms with van der Waals surface area (Å²) in [6.45, 7) is 15.8. The molecule has 9 heteroatoms. The Morgan fingerprint density at radius 3 is 2.11 bits per heavy atom. The number of methoxy groups -OCH3 is 1. The van der Waals surface area contributed by atoms with Crippen LogP contribution in [0.4, 0.5) is 0 Å². The fraction of sp³-hybridized carbons (Fsp3) is 0.889. The van der Waals surface area contributed by atoms with E-state index in [-0.39, 0.29) is 35.0 Å². The predicted octanol–water partition coefficient (Wildman–Crippen LogP) is 3.21. The first-order chi connectivity index (χ1) is 17.0. The van der Waals surface area contributed by atoms with Crippen LogP contribution in [-0.4, -0.2) is 77.0 Å². The molecule has 0 spiro atoms. The molecule has 0 aliphatic heterocycles. The SMILES string of the molecule is CCCOCCC(=O)N[C@H](CCCCNC(=O)CCC)C(=O)NCC(C)(C)COCC(C)(C)COC. The molecule has 0 fully saturated rings. The molecule has 0 unspecified atom stereocenters. The van der Waals surface area contributed by atoms with Crippen LogP contribution in [-0.2, 0) is 28.6 Å². The Balaban J connectivity index is 4.74. The number of carbonyl (C=O) groups excluding carboxylic acids is 3. The number of hydrogen-bond acceptors (Lipinski definition) is 6. The molecule has 0 aliphatic rings. The summed E-state index contributed by atoms with van der Waals surface area (Å²) in [7, 11) is 1.68. The number of ether oxygens (including phenoxy) is 3. The fourth-order valence-corrected chi connectivity index (χ4v) is 3.50. The van der Waals surface area contributed by atoms with Crippen LogP contribution in [0.15, 0.2) is 0 Å². The molecule has 0 aliphatic carbocycles. The van der Waals surface area contributed by atoms with Crippen LogP contribution >= 0.6 is 0 Å². The van der Waals surface area contributed by atoms with Gasteiger partial charge >= 0.3 is 0 Å². The maximum atomic E-state index is 13.0. The van der Waals surface area contributed by atoms with Crippen molar-refractivity contribution in [1.82, 2.24) is 16.0 Å². The van der Waals surface area contributed by atoms with Crippen molar-refractivity contribution >= 4 is 17.7 Å². The third kappa shape index (κ3) is 18.5. The van der Waals surface area contributed by atoms with Crippen molar-refractivity contribution in [3.63, 3.8) is 0 Å². The van der Waals surface area contributed by atoms with Gasteiger partial charge in [-0.3, -0.25) is 14.4 Å². The Morgan fingerprint density at radius 2 is 1.47 bits per heavy atom. The maximum absolute atomic E-state index is 13.0. The van der Waals surface area contributed by atoms with E-state index in [2.05, 4.69) is 29.8 Å². The molecule has 9 nitrogen and oxygen atoms in total. The molecule has 212 valence electrons. The molecule has 0 saturated heterocycles. The second-order valence-electron chi connectivity index (χ2n) is 11.1. The van der Waals surface area contributed by atoms with E-state index in [4.69, 9.17) is 14.2 Å². The Morgan fingerprint density at radius 1 is 0.778 bits per heavy atom. The van der Waals surface area contributed by atoms with Gasteiger partial charge in [0.1, 0.15) is 6.04 Å². The van der Waals surface area contributed by atoms with Gasteiger partial charge in [0.2, 0.25) is 17.7 Å². The van der Waals surface area contributed by atoms with E-state index < -0.39 is 6.04 Å². The van der Waals surface area contributed by atoms with Gasteiger partial charge in [0.25, 0.3) is 0 Å². The minimum Gasteiger partial charge on any atom is -0.384 e. The standard InChI is InChI=1S/C27H53N3O6/c1-8-12-23(31)28-15-11-10-13-22(30-24(32)14-17-35-16-9-2)25(33)29-18-26(3,4)20-36-21-27(5,6)19-34-7/h22H,8-21H2,1-7H3,(H,28,31)(H,29,33)(H,30,32)/t22-/m1/s1. The minimum absolute atomic E-state index is 0.0437. The average Bonchev–Trinajstić information content (AvgIpc) is 2.79. The highest BCUT2D eigenvalue weighted by Crippen LogP contribution is 2.19. The van der Waals surface area contributed by atoms with Gasteiger partial charge in [0.15, 0.2) is 0 Å². The van der Waals surface area contributed by atoms with Crippen molar-refractivity contribution < 1.29 is 28.6 Å². The molecule has 1 atom stereocenters. The fourth-order valence-electron chi connectivity index (χ4n) is 3.50. The highest BCUT2D eigenvalue weighted by molar-refractivity contribution is 5.87. The van der Waals surface area contributed by atoms with Crippen LogP contribution in [0, 0.1) is 10.8 Å². The van der Waals surface area contributed by atoms with E-state index in [0.717, 1.165) is 19.3 Å². The van der Waals surface area contributed by atoms with Crippen LogP contribution < -0.4 is 16.0 Å². The molecule has 3 amide bonds. The zero-order valence-electron chi connectivity index (χ0n) is 23.9. The topological polar surface area (TPSA) is 115 Å². The van der Waals surface area contributed by atoms with Gasteiger partial charge < -0.3 is 30.2 Å². The van der Waals surface area contributed by atoms with Crippen molar-refractivity contribution in [2.75, 3.05) is 53.2 Å². The lowest BCUT2D eigenvalue weighted by atomic mass is 9.93. The number of hydrogen-bond donors (Lipinski definition) is 3. The summed E-state index contributed by atoms with van der Waals surface area (Å²) in [6, 6.07) is -0.632. The van der Waals surface area contributed by atoms with Crippen molar-refractivity contribution in [1.29, 1.82) is 0 Å². The number of amides is 3. The van der Waals surface area contributed by atoms with Crippen LogP contribution in [0.1, 0.15) is 86.5 Å². The molecular formula is C27H53N3O6. The lowest BCUT2D eigenvalue weighted by molar-refractivity contribution is -0.130. The smallest absolute Gasteiger partial charge is 0.242 e. The van der Waals surface area contributed by atoms with Crippen LogP contribution in [0.5, 0.6) is 0 Å². The second kappa shape index (κ2) is 19.4. The molecule has 0 rings (SSSR count). The molecule has 0 heterocycles. The van der Waals surface area contributed by atoms with E-state index in [1.54, 1.807) is 7.11 Å². The third-order valence-electron chi connectivity index (χ3n) is 5.45. The minimum atomic E-state index is -0.632. The largest absolute Gasteiger partial charge is 0.384 e. The van der Waals surface area contributed by atoms with Gasteiger partial charge in [-0.1, -0.05) is 41.5 Å². The normalized spacial score (nSPS) is 12.8. The van der Waals surface area contributed by atoms with E-state index in [1.165, 1.54) is 0 Å². The first kappa shape index (κ1) is 34.3. The zero-order valence-corrected chi connectivity index (χ0v) is 23.9. The molecule has 36 heavy (non-hydrogen) atoms. The highest BCUT2D eigenvalue weighted by atomic mass is 16.5. The Kier molecular flexibility index (Phi) is 18.5. The molecular weight excluding hydrogens is 462 g/mol. The van der Waals surface area contributed by atoms with Crippen molar-refractivity contribution in [2.24, 2.45) is 10.8 Å². The van der Waals surface area contributed by atoms with Gasteiger partial charge in [-0.05, 0) is 32.1 Å². The van der Waals surface area contributed by atoms with E-state index >= 15 is 0 Å². The van der Waals surface area contributed by atoms with Crippen molar-refractivity contribution in [3.8, 4) is 0 Å². The second-order valence-corrected chi connectivity index (χ2v) is 11.1. The predicted molar refractivity (Wildman–Crippen MR) is 143 cm³/mol. The van der Waals surface area contributed by atoms with E-state index in [1.807, 2.05) is 27.7 Å². The third-order valence-corrected chi connectivity index (χ3v) is 5.45. The summed E-state index contributed by atoms with van der Waals surface area (Å²) >= 11 is 0. The number of rotatable bonds is 22. The summed E-state index contributed by atoms with van der Waals surface area (Å²) in [4.78, 5) is 37.0. The van der Waals surface area contributed by atoms with Gasteiger partial charge in [0.05, 0.1) is 26.4 Å². The first-order valence-electron chi connectivity index (χ1n) is 13.4. The Labute approximate surface area is 219 Å². The summed E-state index contributed by atoms with van der Waals surface area (Å²) in [5.41, 5.74) is -0.356. The quantitative estimate of drug-likeness (QED) is 0.191. The van der Waals surface area contributed by atoms with Gasteiger partial charge in [-0.25, -0.2) is 0 Å². The van der Waals surface area contributed by atoms with Crippen LogP contribution in [0.2, 0.25) is 0 Å². The lowest BCUT2D eigenvalue weighted by Gasteiger charge is -2.29. The molecule has 3 N–H and O–H groups in total. The maximum Gasteiger partial charge on any atom is 0.242 e. The van der Waals surface area contributed by atoms with E-state index in [0.29, 0.717) is 65.4 Å². The van der Waals surface area contributed by atoms with Gasteiger partial charge in [0, 0.05) is 50.5 Å². The zero-order chi connectivity index (χ0) is 27.5.